The van der Waals surface area contributed by atoms with Crippen LogP contribution in [0.15, 0.2) is 42.2 Å². The number of aryl methyl sites for hydroxylation is 1. The molecule has 0 atom stereocenters. The third-order valence-electron chi connectivity index (χ3n) is 5.29. The van der Waals surface area contributed by atoms with E-state index in [1.165, 1.54) is 6.42 Å². The van der Waals surface area contributed by atoms with Crippen molar-refractivity contribution >= 4 is 29.4 Å². The number of esters is 1. The van der Waals surface area contributed by atoms with E-state index in [-0.39, 0.29) is 23.4 Å². The van der Waals surface area contributed by atoms with Gasteiger partial charge in [0.25, 0.3) is 0 Å². The fourth-order valence-electron chi connectivity index (χ4n) is 3.81. The van der Waals surface area contributed by atoms with Crippen molar-refractivity contribution in [2.75, 3.05) is 0 Å². The molecule has 28 heavy (non-hydrogen) atoms. The zero-order valence-corrected chi connectivity index (χ0v) is 16.4. The largest absolute Gasteiger partial charge is 0.452 e. The third-order valence-corrected chi connectivity index (χ3v) is 5.64. The van der Waals surface area contributed by atoms with Crippen molar-refractivity contribution in [3.63, 3.8) is 0 Å². The van der Waals surface area contributed by atoms with E-state index in [9.17, 15) is 9.59 Å². The number of carbonyl (C=O) groups excluding carboxylic acids is 2. The van der Waals surface area contributed by atoms with Crippen molar-refractivity contribution in [3.8, 4) is 11.5 Å². The lowest BCUT2D eigenvalue weighted by Gasteiger charge is -2.20. The van der Waals surface area contributed by atoms with Crippen molar-refractivity contribution in [2.24, 2.45) is 5.92 Å². The first kappa shape index (κ1) is 18.8. The summed E-state index contributed by atoms with van der Waals surface area (Å²) in [5.41, 5.74) is 1.93. The molecule has 5 heteroatoms. The monoisotopic (exact) mass is 396 g/mol. The highest BCUT2D eigenvalue weighted by atomic mass is 35.5. The first-order valence-electron chi connectivity index (χ1n) is 9.58. The van der Waals surface area contributed by atoms with Crippen LogP contribution in [0.25, 0.3) is 6.08 Å². The first-order valence-corrected chi connectivity index (χ1v) is 9.96. The predicted octanol–water partition coefficient (Wildman–Crippen LogP) is 5.75. The number of carbonyl (C=O) groups is 2. The smallest absolute Gasteiger partial charge is 0.314 e. The van der Waals surface area contributed by atoms with E-state index in [1.807, 2.05) is 25.1 Å². The van der Waals surface area contributed by atoms with Crippen LogP contribution in [0.1, 0.15) is 53.6 Å². The van der Waals surface area contributed by atoms with Crippen LogP contribution in [-0.4, -0.2) is 11.8 Å². The second-order valence-corrected chi connectivity index (χ2v) is 7.74. The number of halogens is 1. The summed E-state index contributed by atoms with van der Waals surface area (Å²) in [5.74, 6) is 0.601. The Morgan fingerprint density at radius 3 is 2.68 bits per heavy atom. The number of rotatable bonds is 3. The molecular formula is C23H21ClO4. The van der Waals surface area contributed by atoms with Crippen LogP contribution in [0.4, 0.5) is 0 Å². The van der Waals surface area contributed by atoms with E-state index >= 15 is 0 Å². The minimum atomic E-state index is -0.199. The van der Waals surface area contributed by atoms with Gasteiger partial charge in [-0.05, 0) is 49.1 Å². The molecule has 2 aromatic rings. The Morgan fingerprint density at radius 1 is 1.18 bits per heavy atom. The van der Waals surface area contributed by atoms with Crippen LogP contribution in [0.3, 0.4) is 0 Å². The van der Waals surface area contributed by atoms with Gasteiger partial charge in [-0.1, -0.05) is 49.1 Å². The summed E-state index contributed by atoms with van der Waals surface area (Å²) in [6.07, 6.45) is 6.70. The molecule has 144 valence electrons. The van der Waals surface area contributed by atoms with Crippen molar-refractivity contribution in [1.82, 2.24) is 0 Å². The molecule has 1 saturated carbocycles. The van der Waals surface area contributed by atoms with Gasteiger partial charge in [-0.15, -0.1) is 0 Å². The van der Waals surface area contributed by atoms with Crippen LogP contribution < -0.4 is 9.47 Å². The summed E-state index contributed by atoms with van der Waals surface area (Å²) in [6.45, 7) is 1.82. The number of Topliss-reactive ketones (excluding diaryl/α,β-unsaturated/α-hetero) is 1. The average molecular weight is 397 g/mol. The zero-order valence-electron chi connectivity index (χ0n) is 15.7. The standard InChI is InChI=1S/C23H21ClO4/c1-14-11-17(27-23(26)15-7-3-2-4-8-15)13-19-21(14)22(25)20(28-19)12-16-9-5-6-10-18(16)24/h5-6,9-13,15H,2-4,7-8H2,1H3/b20-12-. The van der Waals surface area contributed by atoms with E-state index in [2.05, 4.69) is 0 Å². The van der Waals surface area contributed by atoms with E-state index in [0.29, 0.717) is 27.6 Å². The lowest BCUT2D eigenvalue weighted by Crippen LogP contribution is -2.22. The predicted molar refractivity (Wildman–Crippen MR) is 108 cm³/mol. The van der Waals surface area contributed by atoms with Crippen molar-refractivity contribution in [2.45, 2.75) is 39.0 Å². The van der Waals surface area contributed by atoms with Crippen LogP contribution >= 0.6 is 11.6 Å². The molecule has 2 aliphatic rings. The number of hydrogen-bond donors (Lipinski definition) is 0. The average Bonchev–Trinajstić information content (AvgIpc) is 3.00. The van der Waals surface area contributed by atoms with Crippen LogP contribution in [0, 0.1) is 12.8 Å². The molecule has 1 fully saturated rings. The Labute approximate surface area is 169 Å². The Kier molecular flexibility index (Phi) is 5.23. The van der Waals surface area contributed by atoms with E-state index < -0.39 is 0 Å². The number of fused-ring (bicyclic) bond motifs is 1. The van der Waals surface area contributed by atoms with Gasteiger partial charge in [-0.25, -0.2) is 0 Å². The number of ether oxygens (including phenoxy) is 2. The lowest BCUT2D eigenvalue weighted by atomic mass is 9.89. The molecule has 0 spiro atoms. The zero-order chi connectivity index (χ0) is 19.7. The lowest BCUT2D eigenvalue weighted by molar-refractivity contribution is -0.139. The molecule has 4 rings (SSSR count). The Balaban J connectivity index is 1.58. The van der Waals surface area contributed by atoms with Crippen molar-refractivity contribution in [1.29, 1.82) is 0 Å². The molecule has 1 heterocycles. The summed E-state index contributed by atoms with van der Waals surface area (Å²) in [5, 5.41) is 0.543. The van der Waals surface area contributed by atoms with Gasteiger partial charge in [0.05, 0.1) is 11.5 Å². The number of allylic oxidation sites excluding steroid dienone is 1. The van der Waals surface area contributed by atoms with Crippen LogP contribution in [0.5, 0.6) is 11.5 Å². The summed E-state index contributed by atoms with van der Waals surface area (Å²) in [4.78, 5) is 25.2. The van der Waals surface area contributed by atoms with Gasteiger partial charge >= 0.3 is 5.97 Å². The number of benzene rings is 2. The fourth-order valence-corrected chi connectivity index (χ4v) is 4.00. The number of ketones is 1. The highest BCUT2D eigenvalue weighted by Gasteiger charge is 2.31. The minimum Gasteiger partial charge on any atom is -0.452 e. The second kappa shape index (κ2) is 7.80. The molecule has 0 saturated heterocycles. The molecule has 1 aliphatic carbocycles. The maximum atomic E-state index is 12.8. The summed E-state index contributed by atoms with van der Waals surface area (Å²) in [7, 11) is 0. The highest BCUT2D eigenvalue weighted by molar-refractivity contribution is 6.32. The topological polar surface area (TPSA) is 52.6 Å². The van der Waals surface area contributed by atoms with E-state index in [1.54, 1.807) is 24.3 Å². The maximum Gasteiger partial charge on any atom is 0.314 e. The maximum absolute atomic E-state index is 12.8. The summed E-state index contributed by atoms with van der Waals surface area (Å²) >= 11 is 6.18. The molecule has 0 bridgehead atoms. The molecule has 0 aromatic heterocycles. The quantitative estimate of drug-likeness (QED) is 0.376. The normalized spacial score (nSPS) is 18.1. The Hall–Kier alpha value is -2.59. The van der Waals surface area contributed by atoms with Gasteiger partial charge in [0, 0.05) is 11.1 Å². The van der Waals surface area contributed by atoms with Crippen LogP contribution in [-0.2, 0) is 4.79 Å². The molecule has 2 aromatic carbocycles. The van der Waals surface area contributed by atoms with E-state index in [4.69, 9.17) is 21.1 Å². The van der Waals surface area contributed by atoms with Gasteiger partial charge in [0.1, 0.15) is 11.5 Å². The molecule has 4 nitrogen and oxygen atoms in total. The molecular weight excluding hydrogens is 376 g/mol. The second-order valence-electron chi connectivity index (χ2n) is 7.33. The molecule has 0 N–H and O–H groups in total. The van der Waals surface area contributed by atoms with Gasteiger partial charge in [-0.3, -0.25) is 9.59 Å². The summed E-state index contributed by atoms with van der Waals surface area (Å²) < 4.78 is 11.4. The van der Waals surface area contributed by atoms with Gasteiger partial charge in [0.2, 0.25) is 5.78 Å². The van der Waals surface area contributed by atoms with Gasteiger partial charge < -0.3 is 9.47 Å². The van der Waals surface area contributed by atoms with Crippen molar-refractivity contribution in [3.05, 3.63) is 63.9 Å². The Bertz CT molecular complexity index is 971. The summed E-state index contributed by atoms with van der Waals surface area (Å²) in [6, 6.07) is 10.6. The Morgan fingerprint density at radius 2 is 1.93 bits per heavy atom. The molecule has 0 radical (unpaired) electrons. The van der Waals surface area contributed by atoms with Crippen molar-refractivity contribution < 1.29 is 19.1 Å². The minimum absolute atomic E-state index is 0.0412. The SMILES string of the molecule is Cc1cc(OC(=O)C2CCCCC2)cc2c1C(=O)/C(=C/c1ccccc1Cl)O2. The molecule has 0 amide bonds. The van der Waals surface area contributed by atoms with Gasteiger partial charge in [-0.2, -0.15) is 0 Å². The molecule has 0 unspecified atom stereocenters. The first-order chi connectivity index (χ1) is 13.5. The van der Waals surface area contributed by atoms with Gasteiger partial charge in [0.15, 0.2) is 5.76 Å². The molecule has 1 aliphatic heterocycles. The fraction of sp³-hybridized carbons (Fsp3) is 0.304. The van der Waals surface area contributed by atoms with E-state index in [0.717, 1.165) is 31.2 Å². The van der Waals surface area contributed by atoms with Crippen LogP contribution in [0.2, 0.25) is 5.02 Å². The number of hydrogen-bond acceptors (Lipinski definition) is 4. The highest BCUT2D eigenvalue weighted by Crippen LogP contribution is 2.38. The third kappa shape index (κ3) is 3.69.